The molecule has 0 fully saturated rings. The van der Waals surface area contributed by atoms with Gasteiger partial charge in [0, 0.05) is 28.2 Å². The Morgan fingerprint density at radius 2 is 1.79 bits per heavy atom. The van der Waals surface area contributed by atoms with Crippen LogP contribution < -0.4 is 0 Å². The van der Waals surface area contributed by atoms with Gasteiger partial charge in [0.2, 0.25) is 0 Å². The summed E-state index contributed by atoms with van der Waals surface area (Å²) < 4.78 is 7.08. The molecule has 128 valence electrons. The quantitative estimate of drug-likeness (QED) is 0.338. The lowest BCUT2D eigenvalue weighted by Gasteiger charge is -2.22. The maximum atomic E-state index is 5.91. The van der Waals surface area contributed by atoms with Crippen molar-refractivity contribution >= 4 is 51.5 Å². The highest BCUT2D eigenvalue weighted by Gasteiger charge is 2.11. The number of guanidine groups is 1. The van der Waals surface area contributed by atoms with Crippen molar-refractivity contribution in [3.63, 3.8) is 0 Å². The highest BCUT2D eigenvalue weighted by molar-refractivity contribution is 14.0. The standard InChI is InChI=1S/C17H20N4OS.HI/c1-20(2)17(21(3)4)18-11-12-9-10-14(22-12)16-19-13-7-5-6-8-15(13)23-16;/h5-10H,11H2,1-4H3;1H. The second-order valence-electron chi connectivity index (χ2n) is 5.66. The molecule has 7 heteroatoms. The molecule has 0 spiro atoms. The van der Waals surface area contributed by atoms with E-state index in [0.717, 1.165) is 28.0 Å². The molecule has 0 unspecified atom stereocenters. The number of hydrogen-bond acceptors (Lipinski definition) is 4. The van der Waals surface area contributed by atoms with Crippen LogP contribution in [0, 0.1) is 0 Å². The number of fused-ring (bicyclic) bond motifs is 1. The van der Waals surface area contributed by atoms with Gasteiger partial charge in [-0.05, 0) is 24.3 Å². The summed E-state index contributed by atoms with van der Waals surface area (Å²) in [7, 11) is 7.92. The van der Waals surface area contributed by atoms with E-state index in [-0.39, 0.29) is 24.0 Å². The first-order chi connectivity index (χ1) is 11.0. The van der Waals surface area contributed by atoms with Gasteiger partial charge in [-0.2, -0.15) is 0 Å². The molecule has 3 aromatic rings. The monoisotopic (exact) mass is 456 g/mol. The Labute approximate surface area is 163 Å². The third-order valence-electron chi connectivity index (χ3n) is 3.34. The van der Waals surface area contributed by atoms with Crippen molar-refractivity contribution in [1.82, 2.24) is 14.8 Å². The van der Waals surface area contributed by atoms with Crippen LogP contribution in [0.3, 0.4) is 0 Å². The van der Waals surface area contributed by atoms with E-state index >= 15 is 0 Å². The van der Waals surface area contributed by atoms with E-state index in [4.69, 9.17) is 4.42 Å². The van der Waals surface area contributed by atoms with Crippen LogP contribution in [-0.2, 0) is 6.54 Å². The second kappa shape index (κ2) is 7.98. The minimum absolute atomic E-state index is 0. The molecule has 0 N–H and O–H groups in total. The van der Waals surface area contributed by atoms with Gasteiger partial charge < -0.3 is 14.2 Å². The molecule has 3 rings (SSSR count). The SMILES string of the molecule is CN(C)C(=NCc1ccc(-c2nc3ccccc3s2)o1)N(C)C.I. The fourth-order valence-electron chi connectivity index (χ4n) is 2.39. The van der Waals surface area contributed by atoms with Gasteiger partial charge in [-0.3, -0.25) is 0 Å². The van der Waals surface area contributed by atoms with Crippen LogP contribution in [0.25, 0.3) is 21.0 Å². The minimum Gasteiger partial charge on any atom is -0.457 e. The largest absolute Gasteiger partial charge is 0.457 e. The molecule has 0 saturated heterocycles. The van der Waals surface area contributed by atoms with Gasteiger partial charge in [0.15, 0.2) is 16.7 Å². The zero-order valence-corrected chi connectivity index (χ0v) is 17.3. The summed E-state index contributed by atoms with van der Waals surface area (Å²) in [5, 5.41) is 0.905. The second-order valence-corrected chi connectivity index (χ2v) is 6.69. The molecule has 0 aliphatic rings. The molecule has 0 aliphatic heterocycles. The molecule has 5 nitrogen and oxygen atoms in total. The van der Waals surface area contributed by atoms with Crippen LogP contribution in [0.4, 0.5) is 0 Å². The van der Waals surface area contributed by atoms with Gasteiger partial charge in [-0.25, -0.2) is 9.98 Å². The smallest absolute Gasteiger partial charge is 0.195 e. The van der Waals surface area contributed by atoms with Crippen LogP contribution in [0.15, 0.2) is 45.8 Å². The summed E-state index contributed by atoms with van der Waals surface area (Å²) in [6.07, 6.45) is 0. The molecule has 0 amide bonds. The van der Waals surface area contributed by atoms with E-state index in [2.05, 4.69) is 16.0 Å². The minimum atomic E-state index is 0. The Hall–Kier alpha value is -1.61. The summed E-state index contributed by atoms with van der Waals surface area (Å²) >= 11 is 1.64. The van der Waals surface area contributed by atoms with Crippen LogP contribution in [-0.4, -0.2) is 48.9 Å². The highest BCUT2D eigenvalue weighted by atomic mass is 127. The summed E-state index contributed by atoms with van der Waals surface area (Å²) in [5.41, 5.74) is 1.01. The molecule has 2 aromatic heterocycles. The summed E-state index contributed by atoms with van der Waals surface area (Å²) in [6, 6.07) is 12.0. The predicted octanol–water partition coefficient (Wildman–Crippen LogP) is 4.15. The average molecular weight is 456 g/mol. The Bertz CT molecular complexity index is 795. The summed E-state index contributed by atoms with van der Waals surface area (Å²) in [5.74, 6) is 2.54. The molecule has 24 heavy (non-hydrogen) atoms. The molecule has 1 aromatic carbocycles. The molecule has 0 atom stereocenters. The maximum Gasteiger partial charge on any atom is 0.195 e. The van der Waals surface area contributed by atoms with Crippen molar-refractivity contribution in [1.29, 1.82) is 0 Å². The topological polar surface area (TPSA) is 44.9 Å². The number of furan rings is 1. The van der Waals surface area contributed by atoms with Gasteiger partial charge in [0.25, 0.3) is 0 Å². The Morgan fingerprint density at radius 1 is 1.08 bits per heavy atom. The fourth-order valence-corrected chi connectivity index (χ4v) is 3.31. The normalized spacial score (nSPS) is 10.3. The molecule has 0 radical (unpaired) electrons. The third kappa shape index (κ3) is 4.07. The number of halogens is 1. The molecule has 2 heterocycles. The van der Waals surface area contributed by atoms with Crippen molar-refractivity contribution in [2.24, 2.45) is 4.99 Å². The fraction of sp³-hybridized carbons (Fsp3) is 0.294. The van der Waals surface area contributed by atoms with Crippen molar-refractivity contribution < 1.29 is 4.42 Å². The van der Waals surface area contributed by atoms with E-state index < -0.39 is 0 Å². The zero-order chi connectivity index (χ0) is 16.4. The Morgan fingerprint density at radius 3 is 2.46 bits per heavy atom. The first-order valence-electron chi connectivity index (χ1n) is 7.38. The van der Waals surface area contributed by atoms with E-state index in [9.17, 15) is 0 Å². The first-order valence-corrected chi connectivity index (χ1v) is 8.20. The van der Waals surface area contributed by atoms with Crippen molar-refractivity contribution in [2.45, 2.75) is 6.54 Å². The van der Waals surface area contributed by atoms with E-state index in [1.165, 1.54) is 4.70 Å². The number of rotatable bonds is 3. The van der Waals surface area contributed by atoms with Gasteiger partial charge >= 0.3 is 0 Å². The lowest BCUT2D eigenvalue weighted by atomic mass is 10.3. The van der Waals surface area contributed by atoms with Crippen LogP contribution in [0.5, 0.6) is 0 Å². The molecule has 0 saturated carbocycles. The third-order valence-corrected chi connectivity index (χ3v) is 4.39. The zero-order valence-electron chi connectivity index (χ0n) is 14.2. The van der Waals surface area contributed by atoms with Crippen LogP contribution in [0.1, 0.15) is 5.76 Å². The predicted molar refractivity (Wildman–Crippen MR) is 111 cm³/mol. The number of thiazole rings is 1. The van der Waals surface area contributed by atoms with E-state index in [1.54, 1.807) is 11.3 Å². The van der Waals surface area contributed by atoms with Crippen LogP contribution in [0.2, 0.25) is 0 Å². The molecule has 0 bridgehead atoms. The summed E-state index contributed by atoms with van der Waals surface area (Å²) in [6.45, 7) is 0.511. The maximum absolute atomic E-state index is 5.91. The van der Waals surface area contributed by atoms with Crippen molar-refractivity contribution in [3.8, 4) is 10.8 Å². The lowest BCUT2D eigenvalue weighted by molar-refractivity contribution is 0.471. The number of aliphatic imine (C=N–C) groups is 1. The number of para-hydroxylation sites is 1. The first kappa shape index (κ1) is 18.7. The van der Waals surface area contributed by atoms with Crippen molar-refractivity contribution in [3.05, 3.63) is 42.2 Å². The lowest BCUT2D eigenvalue weighted by Crippen LogP contribution is -2.35. The number of benzene rings is 1. The molecular weight excluding hydrogens is 435 g/mol. The number of nitrogens with zero attached hydrogens (tertiary/aromatic N) is 4. The average Bonchev–Trinajstić information content (AvgIpc) is 3.12. The van der Waals surface area contributed by atoms with Gasteiger partial charge in [0.05, 0.1) is 10.2 Å². The molecule has 0 aliphatic carbocycles. The van der Waals surface area contributed by atoms with Gasteiger partial charge in [-0.1, -0.05) is 12.1 Å². The van der Waals surface area contributed by atoms with Crippen molar-refractivity contribution in [2.75, 3.05) is 28.2 Å². The number of hydrogen-bond donors (Lipinski definition) is 0. The summed E-state index contributed by atoms with van der Waals surface area (Å²) in [4.78, 5) is 13.2. The molecular formula is C17H21IN4OS. The number of aromatic nitrogens is 1. The van der Waals surface area contributed by atoms with Crippen LogP contribution >= 0.6 is 35.3 Å². The van der Waals surface area contributed by atoms with Gasteiger partial charge in [-0.15, -0.1) is 35.3 Å². The van der Waals surface area contributed by atoms with E-state index in [1.807, 2.05) is 68.3 Å². The Balaban J connectivity index is 0.00000208. The highest BCUT2D eigenvalue weighted by Crippen LogP contribution is 2.31. The Kier molecular flexibility index (Phi) is 6.22. The van der Waals surface area contributed by atoms with E-state index in [0.29, 0.717) is 6.54 Å². The van der Waals surface area contributed by atoms with Gasteiger partial charge in [0.1, 0.15) is 12.3 Å².